The van der Waals surface area contributed by atoms with Gasteiger partial charge in [0.15, 0.2) is 11.5 Å². The van der Waals surface area contributed by atoms with Gasteiger partial charge in [0.25, 0.3) is 5.91 Å². The molecule has 0 N–H and O–H groups in total. The summed E-state index contributed by atoms with van der Waals surface area (Å²) in [5, 5.41) is 0. The van der Waals surface area contributed by atoms with Crippen LogP contribution in [0.3, 0.4) is 0 Å². The minimum Gasteiger partial charge on any atom is -0.485 e. The zero-order valence-electron chi connectivity index (χ0n) is 18.9. The number of amides is 2. The van der Waals surface area contributed by atoms with Gasteiger partial charge < -0.3 is 24.0 Å². The van der Waals surface area contributed by atoms with Crippen molar-refractivity contribution in [2.75, 3.05) is 32.8 Å². The monoisotopic (exact) mass is 438 g/mol. The van der Waals surface area contributed by atoms with E-state index in [-0.39, 0.29) is 17.6 Å². The van der Waals surface area contributed by atoms with Crippen molar-refractivity contribution >= 4 is 12.0 Å². The van der Waals surface area contributed by atoms with Crippen LogP contribution in [0.15, 0.2) is 42.5 Å². The molecule has 170 valence electrons. The van der Waals surface area contributed by atoms with Crippen LogP contribution in [-0.2, 0) is 17.8 Å². The van der Waals surface area contributed by atoms with E-state index >= 15 is 0 Å². The van der Waals surface area contributed by atoms with Crippen LogP contribution in [0.25, 0.3) is 0 Å². The maximum absolute atomic E-state index is 12.8. The largest absolute Gasteiger partial charge is 0.485 e. The molecule has 0 spiro atoms. The first-order valence-electron chi connectivity index (χ1n) is 11.1. The van der Waals surface area contributed by atoms with Crippen molar-refractivity contribution in [2.24, 2.45) is 0 Å². The molecule has 2 aromatic carbocycles. The van der Waals surface area contributed by atoms with Gasteiger partial charge in [0.2, 0.25) is 0 Å². The van der Waals surface area contributed by atoms with Gasteiger partial charge >= 0.3 is 6.09 Å². The van der Waals surface area contributed by atoms with Gasteiger partial charge in [-0.2, -0.15) is 0 Å². The summed E-state index contributed by atoms with van der Waals surface area (Å²) in [4.78, 5) is 28.1. The van der Waals surface area contributed by atoms with Crippen molar-refractivity contribution in [2.45, 2.75) is 39.4 Å². The quantitative estimate of drug-likeness (QED) is 0.708. The molecule has 0 unspecified atom stereocenters. The van der Waals surface area contributed by atoms with E-state index in [4.69, 9.17) is 14.2 Å². The number of para-hydroxylation sites is 1. The molecule has 2 heterocycles. The van der Waals surface area contributed by atoms with Crippen LogP contribution in [0.4, 0.5) is 4.79 Å². The van der Waals surface area contributed by atoms with Crippen LogP contribution in [0, 0.1) is 0 Å². The second-order valence-corrected chi connectivity index (χ2v) is 8.75. The summed E-state index contributed by atoms with van der Waals surface area (Å²) >= 11 is 0. The highest BCUT2D eigenvalue weighted by atomic mass is 16.6. The number of piperazine rings is 1. The summed E-state index contributed by atoms with van der Waals surface area (Å²) in [5.41, 5.74) is 2.55. The first-order valence-corrected chi connectivity index (χ1v) is 11.1. The van der Waals surface area contributed by atoms with E-state index in [0.717, 1.165) is 29.0 Å². The molecule has 32 heavy (non-hydrogen) atoms. The standard InChI is InChI=1S/C25H30N2O5/c1-4-30-24(29)27-14-12-26(13-15-27)23(28)19-10-8-18(9-11-19)17-31-21-7-5-6-20-16-25(2,3)32-22(20)21/h5-11H,4,12-17H2,1-3H3. The molecule has 0 saturated carbocycles. The topological polar surface area (TPSA) is 68.3 Å². The minimum absolute atomic E-state index is 0.0301. The molecule has 2 aliphatic heterocycles. The number of rotatable bonds is 5. The summed E-state index contributed by atoms with van der Waals surface area (Å²) in [5.74, 6) is 1.54. The zero-order valence-corrected chi connectivity index (χ0v) is 18.9. The third kappa shape index (κ3) is 4.82. The summed E-state index contributed by atoms with van der Waals surface area (Å²) in [6, 6.07) is 13.5. The molecular weight excluding hydrogens is 408 g/mol. The molecule has 0 aliphatic carbocycles. The molecule has 2 aromatic rings. The van der Waals surface area contributed by atoms with Gasteiger partial charge in [-0.3, -0.25) is 4.79 Å². The minimum atomic E-state index is -0.318. The van der Waals surface area contributed by atoms with Crippen molar-refractivity contribution in [3.05, 3.63) is 59.2 Å². The van der Waals surface area contributed by atoms with E-state index in [9.17, 15) is 9.59 Å². The number of carbonyl (C=O) groups is 2. The Balaban J connectivity index is 1.32. The first kappa shape index (κ1) is 22.0. The van der Waals surface area contributed by atoms with Gasteiger partial charge in [-0.25, -0.2) is 4.79 Å². The predicted molar refractivity (Wildman–Crippen MR) is 120 cm³/mol. The van der Waals surface area contributed by atoms with E-state index in [1.807, 2.05) is 36.4 Å². The lowest BCUT2D eigenvalue weighted by Gasteiger charge is -2.34. The third-order valence-corrected chi connectivity index (χ3v) is 5.74. The molecule has 0 radical (unpaired) electrons. The molecule has 0 aromatic heterocycles. The number of hydrogen-bond acceptors (Lipinski definition) is 5. The number of ether oxygens (including phenoxy) is 3. The fourth-order valence-electron chi connectivity index (χ4n) is 4.10. The van der Waals surface area contributed by atoms with Crippen molar-refractivity contribution in [3.8, 4) is 11.5 Å². The number of hydrogen-bond donors (Lipinski definition) is 0. The van der Waals surface area contributed by atoms with Crippen molar-refractivity contribution < 1.29 is 23.8 Å². The lowest BCUT2D eigenvalue weighted by Crippen LogP contribution is -2.50. The SMILES string of the molecule is CCOC(=O)N1CCN(C(=O)c2ccc(COc3cccc4c3OC(C)(C)C4)cc2)CC1. The summed E-state index contributed by atoms with van der Waals surface area (Å²) in [7, 11) is 0. The van der Waals surface area contributed by atoms with Crippen molar-refractivity contribution in [3.63, 3.8) is 0 Å². The molecule has 7 heteroatoms. The Kier molecular flexibility index (Phi) is 6.26. The molecular formula is C25H30N2O5. The molecule has 7 nitrogen and oxygen atoms in total. The Bertz CT molecular complexity index is 978. The Labute approximate surface area is 188 Å². The Morgan fingerprint density at radius 1 is 1.00 bits per heavy atom. The van der Waals surface area contributed by atoms with Gasteiger partial charge in [0.05, 0.1) is 6.61 Å². The van der Waals surface area contributed by atoms with E-state index in [0.29, 0.717) is 45.0 Å². The maximum atomic E-state index is 12.8. The number of carbonyl (C=O) groups excluding carboxylic acids is 2. The average molecular weight is 439 g/mol. The van der Waals surface area contributed by atoms with Crippen LogP contribution < -0.4 is 9.47 Å². The van der Waals surface area contributed by atoms with E-state index in [1.165, 1.54) is 0 Å². The Hall–Kier alpha value is -3.22. The number of nitrogens with zero attached hydrogens (tertiary/aromatic N) is 2. The molecule has 1 saturated heterocycles. The number of benzene rings is 2. The van der Waals surface area contributed by atoms with E-state index < -0.39 is 0 Å². The summed E-state index contributed by atoms with van der Waals surface area (Å²) in [6.45, 7) is 8.64. The Morgan fingerprint density at radius 3 is 2.38 bits per heavy atom. The second kappa shape index (κ2) is 9.10. The maximum Gasteiger partial charge on any atom is 0.409 e. The average Bonchev–Trinajstić information content (AvgIpc) is 3.12. The zero-order chi connectivity index (χ0) is 22.7. The Morgan fingerprint density at radius 2 is 1.69 bits per heavy atom. The highest BCUT2D eigenvalue weighted by Crippen LogP contribution is 2.41. The molecule has 1 fully saturated rings. The van der Waals surface area contributed by atoms with Crippen molar-refractivity contribution in [1.29, 1.82) is 0 Å². The van der Waals surface area contributed by atoms with Gasteiger partial charge in [-0.15, -0.1) is 0 Å². The molecule has 4 rings (SSSR count). The lowest BCUT2D eigenvalue weighted by atomic mass is 10.0. The van der Waals surface area contributed by atoms with Crippen LogP contribution in [0.1, 0.15) is 42.3 Å². The van der Waals surface area contributed by atoms with E-state index in [1.54, 1.807) is 16.7 Å². The normalized spacial score (nSPS) is 16.8. The third-order valence-electron chi connectivity index (χ3n) is 5.74. The van der Waals surface area contributed by atoms with Crippen LogP contribution in [0.5, 0.6) is 11.5 Å². The fraction of sp³-hybridized carbons (Fsp3) is 0.440. The molecule has 2 aliphatic rings. The summed E-state index contributed by atoms with van der Waals surface area (Å²) in [6.07, 6.45) is 0.548. The highest BCUT2D eigenvalue weighted by molar-refractivity contribution is 5.94. The van der Waals surface area contributed by atoms with Gasteiger partial charge in [-0.1, -0.05) is 24.3 Å². The van der Waals surface area contributed by atoms with Crippen molar-refractivity contribution in [1.82, 2.24) is 9.80 Å². The number of fused-ring (bicyclic) bond motifs is 1. The van der Waals surface area contributed by atoms with Gasteiger partial charge in [0, 0.05) is 43.7 Å². The second-order valence-electron chi connectivity index (χ2n) is 8.75. The predicted octanol–water partition coefficient (Wildman–Crippen LogP) is 3.89. The molecule has 2 amide bonds. The van der Waals surface area contributed by atoms with Gasteiger partial charge in [-0.05, 0) is 44.5 Å². The lowest BCUT2D eigenvalue weighted by molar-refractivity contribution is 0.0570. The van der Waals surface area contributed by atoms with Crippen LogP contribution in [-0.4, -0.2) is 60.2 Å². The fourth-order valence-corrected chi connectivity index (χ4v) is 4.10. The van der Waals surface area contributed by atoms with Crippen LogP contribution in [0.2, 0.25) is 0 Å². The van der Waals surface area contributed by atoms with E-state index in [2.05, 4.69) is 19.9 Å². The molecule has 0 bridgehead atoms. The van der Waals surface area contributed by atoms with Gasteiger partial charge in [0.1, 0.15) is 12.2 Å². The molecule has 0 atom stereocenters. The highest BCUT2D eigenvalue weighted by Gasteiger charge is 2.32. The smallest absolute Gasteiger partial charge is 0.409 e. The van der Waals surface area contributed by atoms with Crippen LogP contribution >= 0.6 is 0 Å². The first-order chi connectivity index (χ1) is 15.4. The summed E-state index contributed by atoms with van der Waals surface area (Å²) < 4.78 is 17.1.